The van der Waals surface area contributed by atoms with Crippen LogP contribution in [-0.4, -0.2) is 36.4 Å². The van der Waals surface area contributed by atoms with E-state index in [0.29, 0.717) is 12.5 Å². The summed E-state index contributed by atoms with van der Waals surface area (Å²) in [5.74, 6) is -0.108. The molecule has 0 spiro atoms. The number of primary amides is 1. The minimum atomic E-state index is -4.27. The van der Waals surface area contributed by atoms with Gasteiger partial charge in [-0.25, -0.2) is 18.4 Å². The second kappa shape index (κ2) is 9.29. The smallest absolute Gasteiger partial charge is 0.253 e. The first-order chi connectivity index (χ1) is 16.4. The van der Waals surface area contributed by atoms with Gasteiger partial charge in [0, 0.05) is 24.3 Å². The predicted molar refractivity (Wildman–Crippen MR) is 134 cm³/mol. The molecule has 1 fully saturated rings. The molecule has 8 nitrogen and oxygen atoms in total. The molecule has 0 bridgehead atoms. The fourth-order valence-electron chi connectivity index (χ4n) is 4.44. The zero-order valence-electron chi connectivity index (χ0n) is 19.3. The van der Waals surface area contributed by atoms with Gasteiger partial charge in [0.2, 0.25) is 15.7 Å². The lowest BCUT2D eigenvalue weighted by atomic mass is 9.97. The first-order valence-corrected chi connectivity index (χ1v) is 13.1. The van der Waals surface area contributed by atoms with Crippen molar-refractivity contribution in [2.45, 2.75) is 42.7 Å². The van der Waals surface area contributed by atoms with Crippen molar-refractivity contribution in [3.05, 3.63) is 64.3 Å². The molecule has 1 aliphatic rings. The number of nitrogens with zero attached hydrogens (tertiary/aromatic N) is 3. The van der Waals surface area contributed by atoms with E-state index in [0.717, 1.165) is 6.42 Å². The monoisotopic (exact) mass is 534 g/mol. The highest BCUT2D eigenvalue weighted by atomic mass is 35.5. The first-order valence-electron chi connectivity index (χ1n) is 10.8. The third-order valence-corrected chi connectivity index (χ3v) is 8.36. The number of nitrogens with two attached hydrogens (primary N) is 1. The summed E-state index contributed by atoms with van der Waals surface area (Å²) in [5.41, 5.74) is 5.20. The van der Waals surface area contributed by atoms with Gasteiger partial charge >= 0.3 is 0 Å². The molecule has 1 unspecified atom stereocenters. The van der Waals surface area contributed by atoms with Gasteiger partial charge in [-0.05, 0) is 50.5 Å². The lowest BCUT2D eigenvalue weighted by Crippen LogP contribution is -2.40. The van der Waals surface area contributed by atoms with Crippen LogP contribution in [0.25, 0.3) is 0 Å². The summed E-state index contributed by atoms with van der Waals surface area (Å²) in [6, 6.07) is 10.4. The van der Waals surface area contributed by atoms with Crippen LogP contribution in [-0.2, 0) is 9.84 Å². The molecule has 2 aromatic heterocycles. The third-order valence-electron chi connectivity index (χ3n) is 5.86. The summed E-state index contributed by atoms with van der Waals surface area (Å²) in [4.78, 5) is 22.8. The van der Waals surface area contributed by atoms with E-state index in [1.807, 2.05) is 18.7 Å². The third kappa shape index (κ3) is 4.80. The quantitative estimate of drug-likeness (QED) is 0.465. The van der Waals surface area contributed by atoms with Gasteiger partial charge in [0.25, 0.3) is 5.91 Å². The van der Waals surface area contributed by atoms with Crippen LogP contribution < -0.4 is 15.4 Å². The second-order valence-electron chi connectivity index (χ2n) is 9.08. The normalized spacial score (nSPS) is 17.4. The number of halogens is 2. The van der Waals surface area contributed by atoms with Crippen molar-refractivity contribution >= 4 is 44.8 Å². The maximum absolute atomic E-state index is 13.7. The van der Waals surface area contributed by atoms with Crippen molar-refractivity contribution in [3.8, 4) is 11.6 Å². The fraction of sp³-hybridized carbons (Fsp3) is 0.292. The van der Waals surface area contributed by atoms with Crippen molar-refractivity contribution in [1.29, 1.82) is 0 Å². The van der Waals surface area contributed by atoms with E-state index in [4.69, 9.17) is 33.7 Å². The number of hydrogen-bond acceptors (Lipinski definition) is 7. The number of anilines is 1. The zero-order valence-corrected chi connectivity index (χ0v) is 21.7. The number of rotatable bonds is 6. The van der Waals surface area contributed by atoms with E-state index in [2.05, 4.69) is 16.9 Å². The molecule has 2 N–H and O–H groups in total. The molecule has 0 radical (unpaired) electrons. The van der Waals surface area contributed by atoms with E-state index >= 15 is 0 Å². The summed E-state index contributed by atoms with van der Waals surface area (Å²) in [7, 11) is -4.27. The predicted octanol–water partition coefficient (Wildman–Crippen LogP) is 5.13. The van der Waals surface area contributed by atoms with Crippen LogP contribution in [0.4, 0.5) is 5.82 Å². The highest BCUT2D eigenvalue weighted by Gasteiger charge is 2.40. The zero-order chi connectivity index (χ0) is 25.5. The first kappa shape index (κ1) is 25.2. The number of benzene rings is 1. The molecule has 1 aliphatic heterocycles. The van der Waals surface area contributed by atoms with E-state index < -0.39 is 15.7 Å². The molecule has 184 valence electrons. The SMILES string of the molecule is CC1CN(c2nccc(S(=O)(=O)c3cccc(Oc4cccc(Cl)c4Cl)n3)c2C(N)=O)C(C)(C)C1. The number of amides is 1. The molecular formula is C24H24Cl2N4O4S. The summed E-state index contributed by atoms with van der Waals surface area (Å²) >= 11 is 12.2. The van der Waals surface area contributed by atoms with E-state index in [1.54, 1.807) is 18.2 Å². The van der Waals surface area contributed by atoms with Crippen molar-refractivity contribution in [2.75, 3.05) is 11.4 Å². The molecule has 4 rings (SSSR count). The van der Waals surface area contributed by atoms with Crippen LogP contribution >= 0.6 is 23.2 Å². The average molecular weight is 535 g/mol. The summed E-state index contributed by atoms with van der Waals surface area (Å²) in [5, 5.41) is 0.130. The van der Waals surface area contributed by atoms with Gasteiger partial charge in [-0.15, -0.1) is 0 Å². The fourth-order valence-corrected chi connectivity index (χ4v) is 6.17. The molecule has 35 heavy (non-hydrogen) atoms. The van der Waals surface area contributed by atoms with Gasteiger partial charge in [0.15, 0.2) is 5.03 Å². The lowest BCUT2D eigenvalue weighted by Gasteiger charge is -2.33. The Morgan fingerprint density at radius 2 is 1.89 bits per heavy atom. The number of pyridine rings is 2. The highest BCUT2D eigenvalue weighted by molar-refractivity contribution is 7.91. The number of sulfone groups is 1. The average Bonchev–Trinajstić information content (AvgIpc) is 3.08. The van der Waals surface area contributed by atoms with Crippen LogP contribution in [0.15, 0.2) is 58.6 Å². The van der Waals surface area contributed by atoms with Crippen molar-refractivity contribution in [3.63, 3.8) is 0 Å². The molecule has 0 aliphatic carbocycles. The Bertz CT molecular complexity index is 1410. The number of ether oxygens (including phenoxy) is 1. The summed E-state index contributed by atoms with van der Waals surface area (Å²) in [6.07, 6.45) is 2.22. The number of carbonyl (C=O) groups excluding carboxylic acids is 1. The minimum Gasteiger partial charge on any atom is -0.437 e. The molecule has 1 saturated heterocycles. The van der Waals surface area contributed by atoms with Crippen molar-refractivity contribution in [2.24, 2.45) is 11.7 Å². The van der Waals surface area contributed by atoms with Crippen LogP contribution in [0.2, 0.25) is 10.0 Å². The summed E-state index contributed by atoms with van der Waals surface area (Å²) in [6.45, 7) is 6.75. The molecule has 1 amide bonds. The van der Waals surface area contributed by atoms with Gasteiger partial charge in [-0.2, -0.15) is 0 Å². The molecule has 1 aromatic carbocycles. The minimum absolute atomic E-state index is 0.0142. The Morgan fingerprint density at radius 3 is 2.54 bits per heavy atom. The van der Waals surface area contributed by atoms with E-state index in [9.17, 15) is 13.2 Å². The maximum atomic E-state index is 13.7. The lowest BCUT2D eigenvalue weighted by molar-refractivity contribution is 0.0997. The Kier molecular flexibility index (Phi) is 6.70. The van der Waals surface area contributed by atoms with Crippen LogP contribution in [0, 0.1) is 5.92 Å². The Hall–Kier alpha value is -2.88. The standard InChI is InChI=1S/C24H24Cl2N4O4S/c1-14-12-24(2,3)30(13-14)23-20(22(27)31)17(10-11-28-23)35(32,33)19-9-5-8-18(29-19)34-16-7-4-6-15(25)21(16)26/h4-11,14H,12-13H2,1-3H3,(H2,27,31). The van der Waals surface area contributed by atoms with E-state index in [-0.39, 0.29) is 48.5 Å². The van der Waals surface area contributed by atoms with Gasteiger partial charge in [-0.3, -0.25) is 4.79 Å². The van der Waals surface area contributed by atoms with Crippen molar-refractivity contribution < 1.29 is 17.9 Å². The molecular weight excluding hydrogens is 511 g/mol. The Morgan fingerprint density at radius 1 is 1.17 bits per heavy atom. The number of aromatic nitrogens is 2. The largest absolute Gasteiger partial charge is 0.437 e. The van der Waals surface area contributed by atoms with Gasteiger partial charge in [0.05, 0.1) is 9.92 Å². The molecule has 1 atom stereocenters. The maximum Gasteiger partial charge on any atom is 0.253 e. The van der Waals surface area contributed by atoms with Gasteiger partial charge < -0.3 is 15.4 Å². The second-order valence-corrected chi connectivity index (χ2v) is 11.7. The molecule has 0 saturated carbocycles. The molecule has 11 heteroatoms. The van der Waals surface area contributed by atoms with Crippen LogP contribution in [0.5, 0.6) is 11.6 Å². The number of hydrogen-bond donors (Lipinski definition) is 1. The highest BCUT2D eigenvalue weighted by Crippen LogP contribution is 2.39. The number of carbonyl (C=O) groups is 1. The molecule has 3 aromatic rings. The van der Waals surface area contributed by atoms with Crippen LogP contribution in [0.1, 0.15) is 37.6 Å². The van der Waals surface area contributed by atoms with Crippen LogP contribution in [0.3, 0.4) is 0 Å². The van der Waals surface area contributed by atoms with E-state index in [1.165, 1.54) is 30.5 Å². The molecule has 3 heterocycles. The van der Waals surface area contributed by atoms with Crippen molar-refractivity contribution in [1.82, 2.24) is 9.97 Å². The topological polar surface area (TPSA) is 115 Å². The van der Waals surface area contributed by atoms with Gasteiger partial charge in [0.1, 0.15) is 22.2 Å². The summed E-state index contributed by atoms with van der Waals surface area (Å²) < 4.78 is 33.0. The van der Waals surface area contributed by atoms with Gasteiger partial charge in [-0.1, -0.05) is 42.3 Å². The Labute approximate surface area is 214 Å². The Balaban J connectivity index is 1.79.